The Morgan fingerprint density at radius 3 is 2.47 bits per heavy atom. The summed E-state index contributed by atoms with van der Waals surface area (Å²) in [5.74, 6) is -0.259. The molecular weight excluding hydrogens is 303 g/mol. The Labute approximate surface area is 103 Å². The van der Waals surface area contributed by atoms with Crippen molar-refractivity contribution in [2.75, 3.05) is 0 Å². The molecule has 1 unspecified atom stereocenters. The zero-order valence-corrected chi connectivity index (χ0v) is 10.6. The molecule has 0 fully saturated rings. The number of benzene rings is 1. The Kier molecular flexibility index (Phi) is 5.04. The summed E-state index contributed by atoms with van der Waals surface area (Å²) in [5, 5.41) is 0. The van der Waals surface area contributed by atoms with E-state index in [0.29, 0.717) is 6.42 Å². The number of rotatable bonds is 5. The number of hydrogen-bond donors (Lipinski definition) is 2. The molecule has 0 saturated heterocycles. The van der Waals surface area contributed by atoms with Crippen LogP contribution in [0.25, 0.3) is 0 Å². The van der Waals surface area contributed by atoms with E-state index in [1.54, 1.807) is 0 Å². The van der Waals surface area contributed by atoms with E-state index in [1.165, 1.54) is 3.57 Å². The monoisotopic (exact) mass is 318 g/mol. The molecule has 1 amide bonds. The molecule has 82 valence electrons. The van der Waals surface area contributed by atoms with Crippen LogP contribution in [0.2, 0.25) is 0 Å². The van der Waals surface area contributed by atoms with Gasteiger partial charge in [-0.25, -0.2) is 0 Å². The van der Waals surface area contributed by atoms with Gasteiger partial charge in [-0.05, 0) is 53.1 Å². The average molecular weight is 318 g/mol. The van der Waals surface area contributed by atoms with Crippen LogP contribution in [-0.2, 0) is 4.79 Å². The van der Waals surface area contributed by atoms with Crippen molar-refractivity contribution in [1.29, 1.82) is 0 Å². The molecule has 1 aromatic rings. The number of nitrogens with two attached hydrogens (primary N) is 2. The molecule has 0 spiro atoms. The van der Waals surface area contributed by atoms with Crippen molar-refractivity contribution in [1.82, 2.24) is 0 Å². The standard InChI is InChI=1S/C11H15IN2O/c12-9-6-4-8(5-7-9)10(13)2-1-3-11(14)15/h4-7,10H,1-3,13H2,(H2,14,15). The molecule has 0 bridgehead atoms. The summed E-state index contributed by atoms with van der Waals surface area (Å²) in [6, 6.07) is 8.11. The maximum atomic E-state index is 10.5. The smallest absolute Gasteiger partial charge is 0.217 e. The van der Waals surface area contributed by atoms with Crippen LogP contribution in [0.3, 0.4) is 0 Å². The molecule has 1 rings (SSSR count). The van der Waals surface area contributed by atoms with Crippen LogP contribution in [0.1, 0.15) is 30.9 Å². The second-order valence-electron chi connectivity index (χ2n) is 3.52. The van der Waals surface area contributed by atoms with Gasteiger partial charge in [0, 0.05) is 16.0 Å². The lowest BCUT2D eigenvalue weighted by Crippen LogP contribution is -2.13. The fourth-order valence-corrected chi connectivity index (χ4v) is 1.73. The van der Waals surface area contributed by atoms with Crippen LogP contribution < -0.4 is 11.5 Å². The highest BCUT2D eigenvalue weighted by Gasteiger charge is 2.06. The fraction of sp³-hybridized carbons (Fsp3) is 0.364. The third kappa shape index (κ3) is 4.61. The summed E-state index contributed by atoms with van der Waals surface area (Å²) in [7, 11) is 0. The molecule has 0 aliphatic rings. The molecule has 0 aliphatic carbocycles. The SMILES string of the molecule is NC(=O)CCCC(N)c1ccc(I)cc1. The largest absolute Gasteiger partial charge is 0.370 e. The number of carbonyl (C=O) groups is 1. The normalized spacial score (nSPS) is 12.4. The first kappa shape index (κ1) is 12.4. The highest BCUT2D eigenvalue weighted by Crippen LogP contribution is 2.17. The van der Waals surface area contributed by atoms with E-state index in [2.05, 4.69) is 22.6 Å². The van der Waals surface area contributed by atoms with Gasteiger partial charge < -0.3 is 11.5 Å². The highest BCUT2D eigenvalue weighted by molar-refractivity contribution is 14.1. The molecule has 1 atom stereocenters. The Morgan fingerprint density at radius 2 is 1.93 bits per heavy atom. The molecule has 0 heterocycles. The van der Waals surface area contributed by atoms with Crippen LogP contribution in [-0.4, -0.2) is 5.91 Å². The minimum absolute atomic E-state index is 0.00125. The number of carbonyl (C=O) groups excluding carboxylic acids is 1. The summed E-state index contributed by atoms with van der Waals surface area (Å²) < 4.78 is 1.20. The number of amides is 1. The molecule has 0 aromatic heterocycles. The van der Waals surface area contributed by atoms with Gasteiger partial charge in [0.15, 0.2) is 0 Å². The molecule has 0 radical (unpaired) electrons. The van der Waals surface area contributed by atoms with Crippen molar-refractivity contribution in [3.63, 3.8) is 0 Å². The number of halogens is 1. The Hall–Kier alpha value is -0.620. The second-order valence-corrected chi connectivity index (χ2v) is 4.76. The predicted octanol–water partition coefficient (Wildman–Crippen LogP) is 1.95. The van der Waals surface area contributed by atoms with E-state index in [-0.39, 0.29) is 11.9 Å². The van der Waals surface area contributed by atoms with Gasteiger partial charge in [0.05, 0.1) is 0 Å². The summed E-state index contributed by atoms with van der Waals surface area (Å²) in [6.45, 7) is 0. The maximum absolute atomic E-state index is 10.5. The minimum atomic E-state index is -0.259. The predicted molar refractivity (Wildman–Crippen MR) is 69.1 cm³/mol. The average Bonchev–Trinajstić information content (AvgIpc) is 2.18. The van der Waals surface area contributed by atoms with Crippen molar-refractivity contribution < 1.29 is 4.79 Å². The molecule has 1 aromatic carbocycles. The number of hydrogen-bond acceptors (Lipinski definition) is 2. The summed E-state index contributed by atoms with van der Waals surface area (Å²) in [6.07, 6.45) is 1.96. The molecule has 0 saturated carbocycles. The topological polar surface area (TPSA) is 69.1 Å². The van der Waals surface area contributed by atoms with Gasteiger partial charge in [-0.2, -0.15) is 0 Å². The minimum Gasteiger partial charge on any atom is -0.370 e. The third-order valence-electron chi connectivity index (χ3n) is 2.24. The van der Waals surface area contributed by atoms with E-state index in [1.807, 2.05) is 24.3 Å². The first-order chi connectivity index (χ1) is 7.09. The quantitative estimate of drug-likeness (QED) is 0.815. The molecule has 0 aliphatic heterocycles. The van der Waals surface area contributed by atoms with Gasteiger partial charge in [-0.3, -0.25) is 4.79 Å². The maximum Gasteiger partial charge on any atom is 0.217 e. The summed E-state index contributed by atoms with van der Waals surface area (Å²) >= 11 is 2.26. The lowest BCUT2D eigenvalue weighted by molar-refractivity contribution is -0.118. The van der Waals surface area contributed by atoms with Crippen LogP contribution in [0.4, 0.5) is 0 Å². The Bertz CT molecular complexity index is 324. The van der Waals surface area contributed by atoms with Gasteiger partial charge >= 0.3 is 0 Å². The summed E-state index contributed by atoms with van der Waals surface area (Å²) in [5.41, 5.74) is 12.1. The van der Waals surface area contributed by atoms with Crippen molar-refractivity contribution >= 4 is 28.5 Å². The van der Waals surface area contributed by atoms with Crippen molar-refractivity contribution in [2.45, 2.75) is 25.3 Å². The third-order valence-corrected chi connectivity index (χ3v) is 2.96. The van der Waals surface area contributed by atoms with Crippen LogP contribution in [0, 0.1) is 3.57 Å². The van der Waals surface area contributed by atoms with E-state index in [4.69, 9.17) is 11.5 Å². The molecule has 4 heteroatoms. The highest BCUT2D eigenvalue weighted by atomic mass is 127. The van der Waals surface area contributed by atoms with E-state index in [0.717, 1.165) is 18.4 Å². The first-order valence-electron chi connectivity index (χ1n) is 4.89. The molecule has 3 nitrogen and oxygen atoms in total. The van der Waals surface area contributed by atoms with E-state index in [9.17, 15) is 4.79 Å². The van der Waals surface area contributed by atoms with Gasteiger partial charge in [0.2, 0.25) is 5.91 Å². The number of primary amides is 1. The van der Waals surface area contributed by atoms with Crippen LogP contribution in [0.5, 0.6) is 0 Å². The van der Waals surface area contributed by atoms with Crippen molar-refractivity contribution in [3.8, 4) is 0 Å². The molecular formula is C11H15IN2O. The fourth-order valence-electron chi connectivity index (χ4n) is 1.37. The Balaban J connectivity index is 2.43. The van der Waals surface area contributed by atoms with Gasteiger partial charge in [-0.15, -0.1) is 0 Å². The zero-order chi connectivity index (χ0) is 11.3. The second kappa shape index (κ2) is 6.07. The van der Waals surface area contributed by atoms with Crippen molar-refractivity contribution in [2.24, 2.45) is 11.5 Å². The van der Waals surface area contributed by atoms with E-state index < -0.39 is 0 Å². The van der Waals surface area contributed by atoms with Gasteiger partial charge in [-0.1, -0.05) is 12.1 Å². The van der Waals surface area contributed by atoms with E-state index >= 15 is 0 Å². The van der Waals surface area contributed by atoms with Gasteiger partial charge in [0.25, 0.3) is 0 Å². The van der Waals surface area contributed by atoms with Gasteiger partial charge in [0.1, 0.15) is 0 Å². The lowest BCUT2D eigenvalue weighted by atomic mass is 10.0. The summed E-state index contributed by atoms with van der Waals surface area (Å²) in [4.78, 5) is 10.5. The first-order valence-corrected chi connectivity index (χ1v) is 5.97. The molecule has 4 N–H and O–H groups in total. The van der Waals surface area contributed by atoms with Crippen molar-refractivity contribution in [3.05, 3.63) is 33.4 Å². The van der Waals surface area contributed by atoms with Crippen LogP contribution >= 0.6 is 22.6 Å². The lowest BCUT2D eigenvalue weighted by Gasteiger charge is -2.11. The zero-order valence-electron chi connectivity index (χ0n) is 8.45. The Morgan fingerprint density at radius 1 is 1.33 bits per heavy atom. The van der Waals surface area contributed by atoms with Crippen LogP contribution in [0.15, 0.2) is 24.3 Å². The molecule has 15 heavy (non-hydrogen) atoms.